The van der Waals surface area contributed by atoms with Crippen LogP contribution in [0.25, 0.3) is 0 Å². The number of anilines is 1. The molecule has 0 aliphatic heterocycles. The van der Waals surface area contributed by atoms with Crippen molar-refractivity contribution < 1.29 is 9.57 Å². The van der Waals surface area contributed by atoms with Gasteiger partial charge in [0.05, 0.1) is 34.6 Å². The van der Waals surface area contributed by atoms with Crippen LogP contribution in [0.2, 0.25) is 0 Å². The van der Waals surface area contributed by atoms with Crippen molar-refractivity contribution >= 4 is 21.6 Å². The summed E-state index contributed by atoms with van der Waals surface area (Å²) in [6.45, 7) is 8.08. The molecule has 0 saturated heterocycles. The highest BCUT2D eigenvalue weighted by atomic mass is 79.9. The molecule has 1 aliphatic rings. The van der Waals surface area contributed by atoms with Crippen molar-refractivity contribution in [1.29, 1.82) is 0 Å². The van der Waals surface area contributed by atoms with Crippen LogP contribution in [-0.4, -0.2) is 17.6 Å². The first-order valence-electron chi connectivity index (χ1n) is 11.0. The monoisotopic (exact) mass is 474 g/mol. The van der Waals surface area contributed by atoms with Crippen LogP contribution in [0.4, 0.5) is 5.69 Å². The van der Waals surface area contributed by atoms with Crippen LogP contribution < -0.4 is 5.06 Å². The van der Waals surface area contributed by atoms with Crippen molar-refractivity contribution in [2.75, 3.05) is 12.2 Å². The first kappa shape index (κ1) is 23.2. The summed E-state index contributed by atoms with van der Waals surface area (Å²) < 4.78 is 6.34. The fourth-order valence-electron chi connectivity index (χ4n) is 4.63. The molecule has 3 rings (SSSR count). The molecule has 1 aliphatic carbocycles. The molecule has 1 saturated carbocycles. The largest absolute Gasteiger partial charge is 0.378 e. The maximum absolute atomic E-state index is 6.69. The van der Waals surface area contributed by atoms with Gasteiger partial charge in [-0.3, -0.25) is 9.82 Å². The van der Waals surface area contributed by atoms with E-state index in [2.05, 4.69) is 77.1 Å². The van der Waals surface area contributed by atoms with Crippen molar-refractivity contribution in [3.63, 3.8) is 0 Å². The second-order valence-electron chi connectivity index (χ2n) is 8.91. The van der Waals surface area contributed by atoms with Gasteiger partial charge in [0.2, 0.25) is 0 Å². The zero-order valence-electron chi connectivity index (χ0n) is 18.8. The van der Waals surface area contributed by atoms with Crippen molar-refractivity contribution in [2.24, 2.45) is 5.41 Å². The molecule has 0 amide bonds. The number of rotatable bonds is 9. The van der Waals surface area contributed by atoms with Gasteiger partial charge in [-0.05, 0) is 52.2 Å². The molecular formula is C25H35BrN2O2. The number of hydrogen-bond acceptors (Lipinski definition) is 4. The van der Waals surface area contributed by atoms with Gasteiger partial charge in [-0.25, -0.2) is 5.06 Å². The van der Waals surface area contributed by atoms with Crippen LogP contribution >= 0.6 is 15.9 Å². The highest BCUT2D eigenvalue weighted by Gasteiger charge is 2.50. The number of aromatic nitrogens is 1. The fraction of sp³-hybridized carbons (Fsp3) is 0.560. The molecule has 0 atom stereocenters. The molecule has 0 radical (unpaired) electrons. The summed E-state index contributed by atoms with van der Waals surface area (Å²) in [6, 6.07) is 12.5. The second kappa shape index (κ2) is 10.3. The Hall–Kier alpha value is -1.43. The van der Waals surface area contributed by atoms with E-state index in [1.54, 1.807) is 7.11 Å². The molecule has 2 aromatic rings. The maximum atomic E-state index is 6.69. The van der Waals surface area contributed by atoms with Crippen LogP contribution in [0.15, 0.2) is 47.1 Å². The van der Waals surface area contributed by atoms with Gasteiger partial charge in [0.1, 0.15) is 0 Å². The molecule has 164 valence electrons. The van der Waals surface area contributed by atoms with Crippen LogP contribution in [0, 0.1) is 5.41 Å². The molecule has 1 aromatic heterocycles. The predicted molar refractivity (Wildman–Crippen MR) is 126 cm³/mol. The van der Waals surface area contributed by atoms with Gasteiger partial charge < -0.3 is 4.74 Å². The lowest BCUT2D eigenvalue weighted by atomic mass is 9.63. The SMILES string of the molecule is CCC(C)(C)C1(N(OCc2ccccc2)c2ccnc(COC)c2Br)CCCCC1. The van der Waals surface area contributed by atoms with Gasteiger partial charge in [-0.15, -0.1) is 0 Å². The second-order valence-corrected chi connectivity index (χ2v) is 9.70. The summed E-state index contributed by atoms with van der Waals surface area (Å²) in [5.41, 5.74) is 3.11. The lowest BCUT2D eigenvalue weighted by Gasteiger charge is -2.55. The molecule has 30 heavy (non-hydrogen) atoms. The number of hydroxylamine groups is 1. The van der Waals surface area contributed by atoms with E-state index in [4.69, 9.17) is 9.57 Å². The van der Waals surface area contributed by atoms with Crippen LogP contribution in [0.5, 0.6) is 0 Å². The van der Waals surface area contributed by atoms with E-state index in [1.807, 2.05) is 12.3 Å². The lowest BCUT2D eigenvalue weighted by molar-refractivity contribution is -0.0341. The third kappa shape index (κ3) is 4.74. The minimum atomic E-state index is -0.0804. The van der Waals surface area contributed by atoms with Gasteiger partial charge in [0.25, 0.3) is 0 Å². The topological polar surface area (TPSA) is 34.6 Å². The van der Waals surface area contributed by atoms with Gasteiger partial charge in [-0.2, -0.15) is 0 Å². The molecule has 0 N–H and O–H groups in total. The van der Waals surface area contributed by atoms with Gasteiger partial charge in [0.15, 0.2) is 0 Å². The van der Waals surface area contributed by atoms with E-state index in [0.29, 0.717) is 13.2 Å². The Morgan fingerprint density at radius 1 is 1.07 bits per heavy atom. The fourth-order valence-corrected chi connectivity index (χ4v) is 5.14. The Morgan fingerprint density at radius 2 is 1.77 bits per heavy atom. The maximum Gasteiger partial charge on any atom is 0.0999 e. The molecule has 1 fully saturated rings. The average molecular weight is 475 g/mol. The quantitative estimate of drug-likeness (QED) is 0.364. The normalized spacial score (nSPS) is 16.4. The van der Waals surface area contributed by atoms with Crippen molar-refractivity contribution in [2.45, 2.75) is 78.0 Å². The number of pyridine rings is 1. The number of nitrogens with zero attached hydrogens (tertiary/aromatic N) is 2. The molecule has 4 nitrogen and oxygen atoms in total. The summed E-state index contributed by atoms with van der Waals surface area (Å²) in [5, 5.41) is 2.23. The number of methoxy groups -OCH3 is 1. The van der Waals surface area contributed by atoms with Crippen molar-refractivity contribution in [3.05, 3.63) is 58.3 Å². The summed E-state index contributed by atoms with van der Waals surface area (Å²) in [7, 11) is 1.70. The Labute approximate surface area is 190 Å². The van der Waals surface area contributed by atoms with Gasteiger partial charge in [0, 0.05) is 13.3 Å². The van der Waals surface area contributed by atoms with Crippen molar-refractivity contribution in [1.82, 2.24) is 4.98 Å². The summed E-state index contributed by atoms with van der Waals surface area (Å²) in [5.74, 6) is 0. The summed E-state index contributed by atoms with van der Waals surface area (Å²) >= 11 is 3.82. The summed E-state index contributed by atoms with van der Waals surface area (Å²) in [6.07, 6.45) is 8.94. The van der Waals surface area contributed by atoms with Crippen molar-refractivity contribution in [3.8, 4) is 0 Å². The van der Waals surface area contributed by atoms with Gasteiger partial charge in [-0.1, -0.05) is 70.4 Å². The highest BCUT2D eigenvalue weighted by molar-refractivity contribution is 9.10. The minimum Gasteiger partial charge on any atom is -0.378 e. The Morgan fingerprint density at radius 3 is 2.40 bits per heavy atom. The van der Waals surface area contributed by atoms with Crippen LogP contribution in [0.1, 0.15) is 70.6 Å². The summed E-state index contributed by atoms with van der Waals surface area (Å²) in [4.78, 5) is 11.2. The molecule has 0 spiro atoms. The first-order valence-corrected chi connectivity index (χ1v) is 11.8. The zero-order chi connectivity index (χ0) is 21.6. The van der Waals surface area contributed by atoms with Gasteiger partial charge >= 0.3 is 0 Å². The molecule has 0 bridgehead atoms. The van der Waals surface area contributed by atoms with Crippen LogP contribution in [-0.2, 0) is 22.8 Å². The predicted octanol–water partition coefficient (Wildman–Crippen LogP) is 7.07. The van der Waals surface area contributed by atoms with E-state index in [1.165, 1.54) is 24.8 Å². The van der Waals surface area contributed by atoms with Crippen LogP contribution in [0.3, 0.4) is 0 Å². The minimum absolute atomic E-state index is 0.0804. The van der Waals surface area contributed by atoms with E-state index >= 15 is 0 Å². The lowest BCUT2D eigenvalue weighted by Crippen LogP contribution is -2.59. The van der Waals surface area contributed by atoms with E-state index in [-0.39, 0.29) is 11.0 Å². The number of halogens is 1. The first-order chi connectivity index (χ1) is 14.4. The zero-order valence-corrected chi connectivity index (χ0v) is 20.4. The smallest absolute Gasteiger partial charge is 0.0999 e. The van der Waals surface area contributed by atoms with E-state index in [0.717, 1.165) is 35.1 Å². The van der Waals surface area contributed by atoms with E-state index in [9.17, 15) is 0 Å². The Bertz CT molecular complexity index is 804. The molecule has 1 heterocycles. The molecule has 0 unspecified atom stereocenters. The standard InChI is InChI=1S/C25H35BrN2O2/c1-5-24(2,3)25(15-10-7-11-16-25)28(30-18-20-12-8-6-9-13-20)22-14-17-27-21(19-29-4)23(22)26/h6,8-9,12-14,17H,5,7,10-11,15-16,18-19H2,1-4H3. The average Bonchev–Trinajstić information content (AvgIpc) is 2.77. The molecule has 1 aromatic carbocycles. The third-order valence-electron chi connectivity index (χ3n) is 6.86. The highest BCUT2D eigenvalue weighted by Crippen LogP contribution is 2.51. The number of benzene rings is 1. The third-order valence-corrected chi connectivity index (χ3v) is 7.72. The number of ether oxygens (including phenoxy) is 1. The molecular weight excluding hydrogens is 440 g/mol. The number of hydrogen-bond donors (Lipinski definition) is 0. The Balaban J connectivity index is 2.07. The van der Waals surface area contributed by atoms with E-state index < -0.39 is 0 Å². The molecule has 5 heteroatoms. The Kier molecular flexibility index (Phi) is 7.94.